The Bertz CT molecular complexity index is 1910. The molecular weight excluding hydrogens is 678 g/mol. The minimum atomic E-state index is -1.35. The van der Waals surface area contributed by atoms with Crippen molar-refractivity contribution < 1.29 is 19.4 Å². The number of rotatable bonds is 12. The molecule has 0 bridgehead atoms. The Kier molecular flexibility index (Phi) is 9.89. The van der Waals surface area contributed by atoms with E-state index in [0.717, 1.165) is 45.1 Å². The molecule has 0 saturated heterocycles. The number of carbonyl (C=O) groups excluding carboxylic acids is 1. The van der Waals surface area contributed by atoms with Gasteiger partial charge >= 0.3 is 0 Å². The van der Waals surface area contributed by atoms with Crippen LogP contribution in [0.4, 0.5) is 0 Å². The Hall–Kier alpha value is -4.76. The summed E-state index contributed by atoms with van der Waals surface area (Å²) in [6.45, 7) is 0.489. The van der Waals surface area contributed by atoms with Crippen molar-refractivity contribution in [2.24, 2.45) is 4.99 Å². The minimum absolute atomic E-state index is 0.0645. The van der Waals surface area contributed by atoms with Crippen LogP contribution in [0, 0.1) is 0 Å². The van der Waals surface area contributed by atoms with E-state index in [2.05, 4.69) is 75.3 Å². The molecule has 1 heterocycles. The molecule has 0 fully saturated rings. The molecule has 1 amide bonds. The predicted octanol–water partition coefficient (Wildman–Crippen LogP) is 7.17. The monoisotopic (exact) mass is 715 g/mol. The molecule has 0 radical (unpaired) electrons. The zero-order chi connectivity index (χ0) is 33.6. The standard InChI is InChI=1S/C41H38BrN3O4/c42-37-14-7-6-13-34(37)27-41(40(47)45-44-35-25-32-11-4-5-12-33(32)26-35)38(30-17-15-29(16-18-30)28-9-2-1-3-10-28)49-39(43-41)31-19-21-36(22-20-31)48-24-8-23-46/h1-7,9-22,35,38,44,46H,8,23-27H2,(H,45,47)/t38-,41-/m0/s1. The topological polar surface area (TPSA) is 92.2 Å². The average molecular weight is 717 g/mol. The van der Waals surface area contributed by atoms with Crippen molar-refractivity contribution in [3.8, 4) is 16.9 Å². The number of nitrogens with one attached hydrogen (secondary N) is 2. The lowest BCUT2D eigenvalue weighted by atomic mass is 9.82. The summed E-state index contributed by atoms with van der Waals surface area (Å²) in [7, 11) is 0. The summed E-state index contributed by atoms with van der Waals surface area (Å²) in [6.07, 6.45) is 1.79. The molecular formula is C41H38BrN3O4. The third-order valence-electron chi connectivity index (χ3n) is 9.21. The third-order valence-corrected chi connectivity index (χ3v) is 9.98. The minimum Gasteiger partial charge on any atom is -0.494 e. The zero-order valence-electron chi connectivity index (χ0n) is 27.0. The van der Waals surface area contributed by atoms with Crippen LogP contribution in [0.2, 0.25) is 0 Å². The zero-order valence-corrected chi connectivity index (χ0v) is 28.6. The SMILES string of the molecule is O=C(NNC1Cc2ccccc2C1)[C@@]1(Cc2ccccc2Br)N=C(c2ccc(OCCCO)cc2)O[C@H]1c1ccc(-c2ccccc2)cc1. The summed E-state index contributed by atoms with van der Waals surface area (Å²) in [5.74, 6) is 0.799. The molecule has 0 saturated carbocycles. The van der Waals surface area contributed by atoms with Gasteiger partial charge in [-0.25, -0.2) is 10.4 Å². The number of aliphatic hydroxyl groups is 1. The molecule has 1 aliphatic carbocycles. The molecule has 2 aliphatic rings. The lowest BCUT2D eigenvalue weighted by molar-refractivity contribution is -0.130. The maximum atomic E-state index is 14.7. The van der Waals surface area contributed by atoms with Gasteiger partial charge in [-0.2, -0.15) is 0 Å². The smallest absolute Gasteiger partial charge is 0.266 e. The number of fused-ring (bicyclic) bond motifs is 1. The molecule has 7 nitrogen and oxygen atoms in total. The molecule has 1 aliphatic heterocycles. The average Bonchev–Trinajstić information content (AvgIpc) is 3.75. The van der Waals surface area contributed by atoms with E-state index in [1.54, 1.807) is 0 Å². The van der Waals surface area contributed by atoms with Crippen LogP contribution in [0.1, 0.15) is 40.3 Å². The van der Waals surface area contributed by atoms with Crippen LogP contribution in [0.25, 0.3) is 11.1 Å². The number of amides is 1. The summed E-state index contributed by atoms with van der Waals surface area (Å²) in [5.41, 5.74) is 12.4. The molecule has 248 valence electrons. The van der Waals surface area contributed by atoms with E-state index < -0.39 is 11.6 Å². The first-order valence-electron chi connectivity index (χ1n) is 16.6. The first kappa shape index (κ1) is 32.8. The van der Waals surface area contributed by atoms with E-state index in [0.29, 0.717) is 31.1 Å². The van der Waals surface area contributed by atoms with Gasteiger partial charge in [0.2, 0.25) is 5.90 Å². The number of hydrogen-bond acceptors (Lipinski definition) is 6. The van der Waals surface area contributed by atoms with Gasteiger partial charge in [0.25, 0.3) is 5.91 Å². The summed E-state index contributed by atoms with van der Waals surface area (Å²) < 4.78 is 13.4. The second-order valence-electron chi connectivity index (χ2n) is 12.5. The summed E-state index contributed by atoms with van der Waals surface area (Å²) in [4.78, 5) is 19.9. The van der Waals surface area contributed by atoms with Crippen molar-refractivity contribution >= 4 is 27.7 Å². The number of aliphatic hydroxyl groups excluding tert-OH is 1. The molecule has 0 spiro atoms. The van der Waals surface area contributed by atoms with E-state index in [9.17, 15) is 4.79 Å². The lowest BCUT2D eigenvalue weighted by Gasteiger charge is -2.31. The highest BCUT2D eigenvalue weighted by Crippen LogP contribution is 2.44. The molecule has 8 heteroatoms. The molecule has 0 unspecified atom stereocenters. The largest absolute Gasteiger partial charge is 0.494 e. The number of nitrogens with zero attached hydrogens (tertiary/aromatic N) is 1. The van der Waals surface area contributed by atoms with E-state index in [-0.39, 0.29) is 18.6 Å². The van der Waals surface area contributed by atoms with Gasteiger partial charge < -0.3 is 14.6 Å². The van der Waals surface area contributed by atoms with Gasteiger partial charge in [0.05, 0.1) is 6.61 Å². The van der Waals surface area contributed by atoms with Crippen molar-refractivity contribution in [1.29, 1.82) is 0 Å². The number of aliphatic imine (C=N–C) groups is 1. The number of hydrazine groups is 1. The van der Waals surface area contributed by atoms with Gasteiger partial charge in [0.15, 0.2) is 11.6 Å². The molecule has 7 rings (SSSR count). The van der Waals surface area contributed by atoms with Crippen molar-refractivity contribution in [2.45, 2.75) is 43.4 Å². The molecule has 0 aromatic heterocycles. The highest BCUT2D eigenvalue weighted by molar-refractivity contribution is 9.10. The fourth-order valence-electron chi connectivity index (χ4n) is 6.63. The Morgan fingerprint density at radius 2 is 1.45 bits per heavy atom. The fourth-order valence-corrected chi connectivity index (χ4v) is 7.06. The summed E-state index contributed by atoms with van der Waals surface area (Å²) in [6, 6.07) is 42.3. The highest BCUT2D eigenvalue weighted by atomic mass is 79.9. The quantitative estimate of drug-likeness (QED) is 0.0942. The van der Waals surface area contributed by atoms with Crippen molar-refractivity contribution in [3.63, 3.8) is 0 Å². The van der Waals surface area contributed by atoms with Gasteiger partial charge in [-0.1, -0.05) is 113 Å². The Labute approximate surface area is 295 Å². The maximum absolute atomic E-state index is 14.7. The van der Waals surface area contributed by atoms with E-state index in [4.69, 9.17) is 19.6 Å². The number of ether oxygens (including phenoxy) is 2. The number of halogens is 1. The van der Waals surface area contributed by atoms with Crippen LogP contribution in [0.3, 0.4) is 0 Å². The lowest BCUT2D eigenvalue weighted by Crippen LogP contribution is -2.56. The summed E-state index contributed by atoms with van der Waals surface area (Å²) in [5, 5.41) is 9.13. The summed E-state index contributed by atoms with van der Waals surface area (Å²) >= 11 is 3.73. The number of hydrogen-bond donors (Lipinski definition) is 3. The van der Waals surface area contributed by atoms with Crippen molar-refractivity contribution in [1.82, 2.24) is 10.9 Å². The van der Waals surface area contributed by atoms with E-state index >= 15 is 0 Å². The van der Waals surface area contributed by atoms with Crippen LogP contribution in [0.15, 0.2) is 137 Å². The molecule has 2 atom stereocenters. The van der Waals surface area contributed by atoms with Gasteiger partial charge in [-0.15, -0.1) is 0 Å². The van der Waals surface area contributed by atoms with Gasteiger partial charge in [0.1, 0.15) is 5.75 Å². The van der Waals surface area contributed by atoms with Crippen LogP contribution >= 0.6 is 15.9 Å². The van der Waals surface area contributed by atoms with Crippen molar-refractivity contribution in [2.75, 3.05) is 13.2 Å². The Morgan fingerprint density at radius 3 is 2.14 bits per heavy atom. The molecule has 49 heavy (non-hydrogen) atoms. The van der Waals surface area contributed by atoms with Gasteiger partial charge in [-0.05, 0) is 76.6 Å². The van der Waals surface area contributed by atoms with Gasteiger partial charge in [-0.3, -0.25) is 10.2 Å². The Balaban J connectivity index is 1.25. The van der Waals surface area contributed by atoms with E-state index in [1.807, 2.05) is 78.9 Å². The number of carbonyl (C=O) groups is 1. The van der Waals surface area contributed by atoms with E-state index in [1.165, 1.54) is 11.1 Å². The molecule has 3 N–H and O–H groups in total. The van der Waals surface area contributed by atoms with Crippen LogP contribution < -0.4 is 15.6 Å². The third kappa shape index (κ3) is 7.17. The maximum Gasteiger partial charge on any atom is 0.266 e. The molecule has 5 aromatic carbocycles. The molecule has 5 aromatic rings. The van der Waals surface area contributed by atoms with Crippen molar-refractivity contribution in [3.05, 3.63) is 160 Å². The second kappa shape index (κ2) is 14.8. The first-order valence-corrected chi connectivity index (χ1v) is 17.4. The number of benzene rings is 5. The predicted molar refractivity (Wildman–Crippen MR) is 195 cm³/mol. The van der Waals surface area contributed by atoms with Crippen LogP contribution in [0.5, 0.6) is 5.75 Å². The Morgan fingerprint density at radius 1 is 0.816 bits per heavy atom. The second-order valence-corrected chi connectivity index (χ2v) is 13.4. The first-order chi connectivity index (χ1) is 24.0. The van der Waals surface area contributed by atoms with Crippen LogP contribution in [-0.2, 0) is 28.8 Å². The normalized spacial score (nSPS) is 18.4. The highest BCUT2D eigenvalue weighted by Gasteiger charge is 2.53. The fraction of sp³-hybridized carbons (Fsp3) is 0.220. The van der Waals surface area contributed by atoms with Crippen LogP contribution in [-0.4, -0.2) is 41.7 Å². The van der Waals surface area contributed by atoms with Gasteiger partial charge in [0, 0.05) is 35.5 Å².